The second-order valence-corrected chi connectivity index (χ2v) is 3.98. The van der Waals surface area contributed by atoms with Gasteiger partial charge in [0.15, 0.2) is 5.65 Å². The molecule has 0 aliphatic heterocycles. The molecule has 0 aromatic carbocycles. The van der Waals surface area contributed by atoms with Gasteiger partial charge in [0.05, 0.1) is 5.69 Å². The smallest absolute Gasteiger partial charge is 0.182 e. The molecule has 0 radical (unpaired) electrons. The highest BCUT2D eigenvalue weighted by Gasteiger charge is 2.10. The molecular formula is C11H17N5. The van der Waals surface area contributed by atoms with Crippen molar-refractivity contribution >= 4 is 5.65 Å². The van der Waals surface area contributed by atoms with E-state index in [-0.39, 0.29) is 0 Å². The van der Waals surface area contributed by atoms with Crippen LogP contribution in [-0.2, 0) is 6.42 Å². The third-order valence-corrected chi connectivity index (χ3v) is 2.62. The minimum atomic E-state index is 0.403. The Morgan fingerprint density at radius 2 is 2.25 bits per heavy atom. The van der Waals surface area contributed by atoms with Gasteiger partial charge in [-0.15, -0.1) is 10.2 Å². The molecule has 1 N–H and O–H groups in total. The van der Waals surface area contributed by atoms with Gasteiger partial charge in [-0.1, -0.05) is 6.92 Å². The fourth-order valence-corrected chi connectivity index (χ4v) is 1.85. The van der Waals surface area contributed by atoms with Crippen LogP contribution in [0.5, 0.6) is 0 Å². The lowest BCUT2D eigenvalue weighted by Crippen LogP contribution is -2.28. The van der Waals surface area contributed by atoms with Crippen molar-refractivity contribution in [1.82, 2.24) is 24.9 Å². The van der Waals surface area contributed by atoms with E-state index in [0.717, 1.165) is 30.1 Å². The van der Waals surface area contributed by atoms with Crippen LogP contribution in [0.15, 0.2) is 12.4 Å². The van der Waals surface area contributed by atoms with Crippen molar-refractivity contribution in [2.45, 2.75) is 33.2 Å². The van der Waals surface area contributed by atoms with Crippen LogP contribution in [0.2, 0.25) is 0 Å². The maximum Gasteiger partial charge on any atom is 0.182 e. The zero-order valence-electron chi connectivity index (χ0n) is 9.94. The van der Waals surface area contributed by atoms with Crippen LogP contribution in [0, 0.1) is 6.92 Å². The summed E-state index contributed by atoms with van der Waals surface area (Å²) in [6, 6.07) is 0.403. The number of aryl methyl sites for hydroxylation is 1. The van der Waals surface area contributed by atoms with Gasteiger partial charge in [0.25, 0.3) is 0 Å². The average Bonchev–Trinajstić information content (AvgIpc) is 2.62. The van der Waals surface area contributed by atoms with Crippen LogP contribution in [0.1, 0.15) is 25.4 Å². The Balaban J connectivity index is 2.30. The van der Waals surface area contributed by atoms with Crippen molar-refractivity contribution in [1.29, 1.82) is 0 Å². The summed E-state index contributed by atoms with van der Waals surface area (Å²) in [4.78, 5) is 4.38. The topological polar surface area (TPSA) is 55.1 Å². The first kappa shape index (κ1) is 11.0. The zero-order valence-corrected chi connectivity index (χ0v) is 9.94. The molecule has 5 nitrogen and oxygen atoms in total. The Kier molecular flexibility index (Phi) is 3.14. The molecular weight excluding hydrogens is 202 g/mol. The molecule has 5 heteroatoms. The van der Waals surface area contributed by atoms with Gasteiger partial charge in [0.1, 0.15) is 5.82 Å². The van der Waals surface area contributed by atoms with Crippen molar-refractivity contribution in [3.8, 4) is 0 Å². The van der Waals surface area contributed by atoms with Crippen LogP contribution in [0.25, 0.3) is 5.65 Å². The lowest BCUT2D eigenvalue weighted by molar-refractivity contribution is 0.560. The van der Waals surface area contributed by atoms with E-state index in [0.29, 0.717) is 6.04 Å². The Morgan fingerprint density at radius 1 is 1.44 bits per heavy atom. The van der Waals surface area contributed by atoms with Crippen LogP contribution in [0.3, 0.4) is 0 Å². The summed E-state index contributed by atoms with van der Waals surface area (Å²) in [5.41, 5.74) is 1.86. The molecule has 0 spiro atoms. The van der Waals surface area contributed by atoms with E-state index in [1.165, 1.54) is 0 Å². The molecule has 0 amide bonds. The molecule has 0 saturated heterocycles. The number of hydrogen-bond donors (Lipinski definition) is 1. The lowest BCUT2D eigenvalue weighted by Gasteiger charge is -2.11. The number of aromatic nitrogens is 4. The second-order valence-electron chi connectivity index (χ2n) is 3.98. The molecule has 0 saturated carbocycles. The number of hydrogen-bond acceptors (Lipinski definition) is 4. The van der Waals surface area contributed by atoms with E-state index in [1.54, 1.807) is 6.20 Å². The highest BCUT2D eigenvalue weighted by atomic mass is 15.2. The van der Waals surface area contributed by atoms with E-state index in [1.807, 2.05) is 17.5 Å². The molecule has 1 atom stereocenters. The predicted octanol–water partition coefficient (Wildman–Crippen LogP) is 0.973. The van der Waals surface area contributed by atoms with E-state index in [4.69, 9.17) is 0 Å². The van der Waals surface area contributed by atoms with Crippen molar-refractivity contribution in [3.63, 3.8) is 0 Å². The Bertz CT molecular complexity index is 476. The van der Waals surface area contributed by atoms with E-state index in [9.17, 15) is 0 Å². The lowest BCUT2D eigenvalue weighted by atomic mass is 10.2. The quantitative estimate of drug-likeness (QED) is 0.832. The Labute approximate surface area is 94.9 Å². The van der Waals surface area contributed by atoms with Crippen molar-refractivity contribution < 1.29 is 0 Å². The third kappa shape index (κ3) is 2.04. The molecule has 2 aromatic heterocycles. The number of nitrogens with zero attached hydrogens (tertiary/aromatic N) is 4. The van der Waals surface area contributed by atoms with Gasteiger partial charge in [0.2, 0.25) is 0 Å². The van der Waals surface area contributed by atoms with Crippen molar-refractivity contribution in [2.75, 3.05) is 6.54 Å². The molecule has 86 valence electrons. The average molecular weight is 219 g/mol. The first-order valence-corrected chi connectivity index (χ1v) is 5.61. The highest BCUT2D eigenvalue weighted by Crippen LogP contribution is 2.08. The maximum absolute atomic E-state index is 4.38. The summed E-state index contributed by atoms with van der Waals surface area (Å²) in [6.45, 7) is 7.16. The molecule has 1 unspecified atom stereocenters. The van der Waals surface area contributed by atoms with Gasteiger partial charge < -0.3 is 5.32 Å². The Morgan fingerprint density at radius 3 is 3.00 bits per heavy atom. The van der Waals surface area contributed by atoms with Crippen LogP contribution in [-0.4, -0.2) is 32.2 Å². The minimum absolute atomic E-state index is 0.403. The van der Waals surface area contributed by atoms with E-state index in [2.05, 4.69) is 34.3 Å². The maximum atomic E-state index is 4.38. The fraction of sp³-hybridized carbons (Fsp3) is 0.545. The molecule has 0 aliphatic carbocycles. The van der Waals surface area contributed by atoms with Gasteiger partial charge in [-0.2, -0.15) is 0 Å². The molecule has 2 rings (SSSR count). The summed E-state index contributed by atoms with van der Waals surface area (Å²) >= 11 is 0. The number of rotatable bonds is 4. The normalized spacial score (nSPS) is 13.2. The first-order chi connectivity index (χ1) is 7.72. The highest BCUT2D eigenvalue weighted by molar-refractivity contribution is 5.43. The van der Waals surface area contributed by atoms with Gasteiger partial charge in [-0.3, -0.25) is 9.38 Å². The van der Waals surface area contributed by atoms with Gasteiger partial charge >= 0.3 is 0 Å². The Hall–Kier alpha value is -1.49. The largest absolute Gasteiger partial charge is 0.314 e. The molecule has 16 heavy (non-hydrogen) atoms. The molecule has 0 fully saturated rings. The van der Waals surface area contributed by atoms with E-state index >= 15 is 0 Å². The monoisotopic (exact) mass is 219 g/mol. The van der Waals surface area contributed by atoms with Gasteiger partial charge in [0, 0.05) is 24.9 Å². The molecule has 0 aliphatic rings. The molecule has 2 heterocycles. The van der Waals surface area contributed by atoms with E-state index < -0.39 is 0 Å². The fourth-order valence-electron chi connectivity index (χ4n) is 1.85. The zero-order chi connectivity index (χ0) is 11.5. The first-order valence-electron chi connectivity index (χ1n) is 5.61. The minimum Gasteiger partial charge on any atom is -0.314 e. The standard InChI is InChI=1S/C11H17N5/c1-4-12-8(2)7-10-11-15-14-9(3)16(11)6-5-13-10/h5-6,8,12H,4,7H2,1-3H3. The second kappa shape index (κ2) is 4.57. The summed E-state index contributed by atoms with van der Waals surface area (Å²) in [5, 5.41) is 11.6. The number of nitrogens with one attached hydrogen (secondary N) is 1. The van der Waals surface area contributed by atoms with Crippen molar-refractivity contribution in [2.24, 2.45) is 0 Å². The summed E-state index contributed by atoms with van der Waals surface area (Å²) < 4.78 is 1.97. The third-order valence-electron chi connectivity index (χ3n) is 2.62. The summed E-state index contributed by atoms with van der Waals surface area (Å²) in [5.74, 6) is 0.898. The van der Waals surface area contributed by atoms with Crippen LogP contribution in [0.4, 0.5) is 0 Å². The van der Waals surface area contributed by atoms with Crippen molar-refractivity contribution in [3.05, 3.63) is 23.9 Å². The summed E-state index contributed by atoms with van der Waals surface area (Å²) in [7, 11) is 0. The number of fused-ring (bicyclic) bond motifs is 1. The van der Waals surface area contributed by atoms with Gasteiger partial charge in [-0.05, 0) is 20.4 Å². The predicted molar refractivity (Wildman–Crippen MR) is 62.4 cm³/mol. The molecule has 0 bridgehead atoms. The van der Waals surface area contributed by atoms with Gasteiger partial charge in [-0.25, -0.2) is 0 Å². The summed E-state index contributed by atoms with van der Waals surface area (Å²) in [6.07, 6.45) is 4.57. The van der Waals surface area contributed by atoms with Crippen LogP contribution < -0.4 is 5.32 Å². The van der Waals surface area contributed by atoms with Crippen LogP contribution >= 0.6 is 0 Å². The molecule has 2 aromatic rings. The number of likely N-dealkylation sites (N-methyl/N-ethyl adjacent to an activating group) is 1. The SMILES string of the molecule is CCNC(C)Cc1nccn2c(C)nnc12.